The number of ether oxygens (including phenoxy) is 1. The lowest BCUT2D eigenvalue weighted by Crippen LogP contribution is -2.19. The summed E-state index contributed by atoms with van der Waals surface area (Å²) in [6, 6.07) is 19.0. The fraction of sp³-hybridized carbons (Fsp3) is 0.130. The van der Waals surface area contributed by atoms with Gasteiger partial charge in [0.15, 0.2) is 10.6 Å². The first-order valence-electron chi connectivity index (χ1n) is 9.70. The van der Waals surface area contributed by atoms with Gasteiger partial charge >= 0.3 is 0 Å². The van der Waals surface area contributed by atoms with Gasteiger partial charge in [0, 0.05) is 11.6 Å². The number of nitrogens with zero attached hydrogens (tertiary/aromatic N) is 3. The van der Waals surface area contributed by atoms with Crippen molar-refractivity contribution in [3.8, 4) is 23.0 Å². The van der Waals surface area contributed by atoms with Crippen LogP contribution in [0.5, 0.6) is 11.6 Å². The van der Waals surface area contributed by atoms with E-state index in [1.165, 1.54) is 0 Å². The molecule has 0 aliphatic rings. The van der Waals surface area contributed by atoms with Gasteiger partial charge in [-0.25, -0.2) is 4.98 Å². The van der Waals surface area contributed by atoms with Crippen LogP contribution in [-0.2, 0) is 11.3 Å². The number of hydrogen-bond acceptors (Lipinski definition) is 5. The number of aromatic nitrogens is 4. The Kier molecular flexibility index (Phi) is 5.90. The molecular formula is C23H21N5O2S. The summed E-state index contributed by atoms with van der Waals surface area (Å²) in [6.07, 6.45) is 1.55. The molecule has 2 heterocycles. The lowest BCUT2D eigenvalue weighted by molar-refractivity contribution is -0.116. The van der Waals surface area contributed by atoms with E-state index in [4.69, 9.17) is 17.0 Å². The zero-order valence-electron chi connectivity index (χ0n) is 17.1. The van der Waals surface area contributed by atoms with E-state index in [1.807, 2.05) is 62.4 Å². The Labute approximate surface area is 184 Å². The minimum absolute atomic E-state index is 0.0279. The van der Waals surface area contributed by atoms with E-state index in [0.29, 0.717) is 27.9 Å². The maximum Gasteiger partial charge on any atom is 0.244 e. The zero-order valence-corrected chi connectivity index (χ0v) is 17.9. The highest BCUT2D eigenvalue weighted by molar-refractivity contribution is 7.71. The zero-order chi connectivity index (χ0) is 21.8. The Balaban J connectivity index is 1.42. The van der Waals surface area contributed by atoms with Crippen LogP contribution >= 0.6 is 12.2 Å². The topological polar surface area (TPSA) is 84.8 Å². The van der Waals surface area contributed by atoms with Crippen LogP contribution in [0.25, 0.3) is 11.4 Å². The van der Waals surface area contributed by atoms with Crippen LogP contribution in [0.3, 0.4) is 0 Å². The standard InChI is InChI=1S/C23H21N5O2S/c1-15-3-7-17(8-4-15)22-26-27-23(31)28(22)14-20(29)25-18-9-12-21(24-13-18)30-19-10-5-16(2)6-11-19/h3-13H,14H2,1-2H3,(H,25,29)(H,27,31). The summed E-state index contributed by atoms with van der Waals surface area (Å²) in [5.41, 5.74) is 3.74. The van der Waals surface area contributed by atoms with Crippen LogP contribution in [0.15, 0.2) is 66.9 Å². The van der Waals surface area contributed by atoms with Crippen LogP contribution in [0.2, 0.25) is 0 Å². The largest absolute Gasteiger partial charge is 0.439 e. The molecule has 2 aromatic heterocycles. The third-order valence-electron chi connectivity index (χ3n) is 4.63. The summed E-state index contributed by atoms with van der Waals surface area (Å²) in [5.74, 6) is 1.52. The fourth-order valence-corrected chi connectivity index (χ4v) is 3.17. The van der Waals surface area contributed by atoms with Crippen LogP contribution in [0, 0.1) is 18.6 Å². The molecule has 4 aromatic rings. The molecule has 0 saturated carbocycles. The molecular weight excluding hydrogens is 410 g/mol. The number of rotatable bonds is 6. The van der Waals surface area contributed by atoms with Gasteiger partial charge in [-0.3, -0.25) is 14.5 Å². The lowest BCUT2D eigenvalue weighted by atomic mass is 10.1. The second-order valence-corrected chi connectivity index (χ2v) is 7.54. The average molecular weight is 432 g/mol. The van der Waals surface area contributed by atoms with E-state index in [9.17, 15) is 4.79 Å². The summed E-state index contributed by atoms with van der Waals surface area (Å²) in [7, 11) is 0. The van der Waals surface area contributed by atoms with Gasteiger partial charge in [0.2, 0.25) is 11.8 Å². The lowest BCUT2D eigenvalue weighted by Gasteiger charge is -2.09. The van der Waals surface area contributed by atoms with Crippen molar-refractivity contribution in [2.24, 2.45) is 0 Å². The molecule has 0 radical (unpaired) electrons. The van der Waals surface area contributed by atoms with E-state index >= 15 is 0 Å². The Morgan fingerprint density at radius 2 is 1.71 bits per heavy atom. The van der Waals surface area contributed by atoms with E-state index in [0.717, 1.165) is 16.7 Å². The van der Waals surface area contributed by atoms with Crippen molar-refractivity contribution in [3.05, 3.63) is 82.8 Å². The van der Waals surface area contributed by atoms with E-state index in [2.05, 4.69) is 20.5 Å². The molecule has 31 heavy (non-hydrogen) atoms. The molecule has 1 amide bonds. The predicted octanol–water partition coefficient (Wildman–Crippen LogP) is 5.05. The molecule has 0 bridgehead atoms. The number of H-pyrrole nitrogens is 1. The van der Waals surface area contributed by atoms with Crippen molar-refractivity contribution >= 4 is 23.8 Å². The fourth-order valence-electron chi connectivity index (χ4n) is 2.97. The number of aryl methyl sites for hydroxylation is 2. The minimum Gasteiger partial charge on any atom is -0.439 e. The number of hydrogen-bond donors (Lipinski definition) is 2. The van der Waals surface area contributed by atoms with Crippen molar-refractivity contribution in [2.75, 3.05) is 5.32 Å². The molecule has 0 fully saturated rings. The molecule has 8 heteroatoms. The first-order valence-corrected chi connectivity index (χ1v) is 10.1. The van der Waals surface area contributed by atoms with Crippen LogP contribution in [0.4, 0.5) is 5.69 Å². The summed E-state index contributed by atoms with van der Waals surface area (Å²) in [5, 5.41) is 9.86. The monoisotopic (exact) mass is 431 g/mol. The molecule has 4 rings (SSSR count). The SMILES string of the molecule is Cc1ccc(Oc2ccc(NC(=O)Cn3c(-c4ccc(C)cc4)n[nH]c3=S)cn2)cc1. The number of benzene rings is 2. The smallest absolute Gasteiger partial charge is 0.244 e. The van der Waals surface area contributed by atoms with E-state index in [-0.39, 0.29) is 12.5 Å². The number of carbonyl (C=O) groups is 1. The predicted molar refractivity (Wildman–Crippen MR) is 122 cm³/mol. The number of anilines is 1. The first kappa shape index (κ1) is 20.5. The van der Waals surface area contributed by atoms with Crippen LogP contribution in [0.1, 0.15) is 11.1 Å². The maximum atomic E-state index is 12.6. The Hall–Kier alpha value is -3.78. The number of amides is 1. The van der Waals surface area contributed by atoms with Gasteiger partial charge in [-0.15, -0.1) is 0 Å². The second-order valence-electron chi connectivity index (χ2n) is 7.15. The highest BCUT2D eigenvalue weighted by atomic mass is 32.1. The van der Waals surface area contributed by atoms with Crippen molar-refractivity contribution in [1.82, 2.24) is 19.7 Å². The van der Waals surface area contributed by atoms with Gasteiger partial charge in [-0.2, -0.15) is 5.10 Å². The summed E-state index contributed by atoms with van der Waals surface area (Å²) >= 11 is 5.30. The van der Waals surface area contributed by atoms with Crippen LogP contribution < -0.4 is 10.1 Å². The second kappa shape index (κ2) is 8.93. The van der Waals surface area contributed by atoms with Gasteiger partial charge in [-0.1, -0.05) is 47.5 Å². The molecule has 0 aliphatic heterocycles. The molecule has 0 atom stereocenters. The summed E-state index contributed by atoms with van der Waals surface area (Å²) < 4.78 is 7.76. The third kappa shape index (κ3) is 5.04. The first-order chi connectivity index (χ1) is 15.0. The molecule has 2 N–H and O–H groups in total. The molecule has 7 nitrogen and oxygen atoms in total. The Morgan fingerprint density at radius 3 is 2.35 bits per heavy atom. The highest BCUT2D eigenvalue weighted by Crippen LogP contribution is 2.21. The average Bonchev–Trinajstić information content (AvgIpc) is 3.12. The van der Waals surface area contributed by atoms with Crippen molar-refractivity contribution in [2.45, 2.75) is 20.4 Å². The summed E-state index contributed by atoms with van der Waals surface area (Å²) in [4.78, 5) is 16.9. The number of pyridine rings is 1. The van der Waals surface area contributed by atoms with Crippen LogP contribution in [-0.4, -0.2) is 25.7 Å². The summed E-state index contributed by atoms with van der Waals surface area (Å²) in [6.45, 7) is 4.06. The number of nitrogens with one attached hydrogen (secondary N) is 2. The number of carbonyl (C=O) groups excluding carboxylic acids is 1. The van der Waals surface area contributed by atoms with Gasteiger partial charge in [-0.05, 0) is 44.3 Å². The molecule has 0 saturated heterocycles. The molecule has 0 aliphatic carbocycles. The van der Waals surface area contributed by atoms with E-state index in [1.54, 1.807) is 22.9 Å². The number of aromatic amines is 1. The molecule has 2 aromatic carbocycles. The van der Waals surface area contributed by atoms with Crippen molar-refractivity contribution < 1.29 is 9.53 Å². The maximum absolute atomic E-state index is 12.6. The van der Waals surface area contributed by atoms with Gasteiger partial charge in [0.1, 0.15) is 12.3 Å². The van der Waals surface area contributed by atoms with Crippen molar-refractivity contribution in [3.63, 3.8) is 0 Å². The van der Waals surface area contributed by atoms with Gasteiger partial charge in [0.05, 0.1) is 11.9 Å². The minimum atomic E-state index is -0.236. The Bertz CT molecular complexity index is 1240. The van der Waals surface area contributed by atoms with Gasteiger partial charge < -0.3 is 10.1 Å². The highest BCUT2D eigenvalue weighted by Gasteiger charge is 2.13. The molecule has 0 unspecified atom stereocenters. The van der Waals surface area contributed by atoms with Crippen molar-refractivity contribution in [1.29, 1.82) is 0 Å². The quantitative estimate of drug-likeness (QED) is 0.417. The van der Waals surface area contributed by atoms with Gasteiger partial charge in [0.25, 0.3) is 0 Å². The third-order valence-corrected chi connectivity index (χ3v) is 4.94. The Morgan fingerprint density at radius 1 is 1.03 bits per heavy atom. The van der Waals surface area contributed by atoms with E-state index < -0.39 is 0 Å². The molecule has 156 valence electrons. The molecule has 0 spiro atoms. The normalized spacial score (nSPS) is 10.6.